The third-order valence-electron chi connectivity index (χ3n) is 4.31. The van der Waals surface area contributed by atoms with Crippen LogP contribution >= 0.6 is 12.4 Å². The van der Waals surface area contributed by atoms with Crippen molar-refractivity contribution in [1.29, 1.82) is 0 Å². The maximum Gasteiger partial charge on any atom is 0.224 e. The van der Waals surface area contributed by atoms with E-state index in [1.807, 2.05) is 0 Å². The lowest BCUT2D eigenvalue weighted by atomic mass is 10.0. The average Bonchev–Trinajstić information content (AvgIpc) is 2.57. The van der Waals surface area contributed by atoms with Crippen molar-refractivity contribution < 1.29 is 4.79 Å². The van der Waals surface area contributed by atoms with Crippen molar-refractivity contribution in [1.82, 2.24) is 10.6 Å². The fraction of sp³-hybridized carbons (Fsp3) is 0.923. The van der Waals surface area contributed by atoms with Gasteiger partial charge in [0.25, 0.3) is 0 Å². The van der Waals surface area contributed by atoms with Gasteiger partial charge in [0, 0.05) is 19.0 Å². The largest absolute Gasteiger partial charge is 0.355 e. The molecule has 0 radical (unpaired) electrons. The quantitative estimate of drug-likeness (QED) is 0.721. The van der Waals surface area contributed by atoms with Crippen molar-refractivity contribution in [2.75, 3.05) is 19.6 Å². The van der Waals surface area contributed by atoms with Crippen LogP contribution in [0.15, 0.2) is 0 Å². The minimum Gasteiger partial charge on any atom is -0.355 e. The van der Waals surface area contributed by atoms with E-state index in [-0.39, 0.29) is 35.1 Å². The smallest absolute Gasteiger partial charge is 0.224 e. The first kappa shape index (κ1) is 16.7. The van der Waals surface area contributed by atoms with Crippen LogP contribution in [0.3, 0.4) is 0 Å². The number of carbonyl (C=O) groups is 1. The SMILES string of the molecule is CCCNCCNC(=O)C1C(C)(C)C1(C)C.Cl. The van der Waals surface area contributed by atoms with Gasteiger partial charge in [-0.2, -0.15) is 0 Å². The van der Waals surface area contributed by atoms with E-state index in [4.69, 9.17) is 0 Å². The number of rotatable bonds is 6. The Morgan fingerprint density at radius 3 is 2.00 bits per heavy atom. The molecule has 2 N–H and O–H groups in total. The number of nitrogens with one attached hydrogen (secondary N) is 2. The van der Waals surface area contributed by atoms with Gasteiger partial charge in [-0.05, 0) is 23.8 Å². The third kappa shape index (κ3) is 3.35. The van der Waals surface area contributed by atoms with Crippen LogP contribution in [0.4, 0.5) is 0 Å². The second-order valence-corrected chi connectivity index (χ2v) is 5.92. The van der Waals surface area contributed by atoms with E-state index >= 15 is 0 Å². The standard InChI is InChI=1S/C13H26N2O.ClH/c1-6-7-14-8-9-15-11(16)10-12(2,3)13(10,4)5;/h10,14H,6-9H2,1-5H3,(H,15,16);1H. The highest BCUT2D eigenvalue weighted by atomic mass is 35.5. The molecular weight excluding hydrogens is 236 g/mol. The maximum atomic E-state index is 11.9. The van der Waals surface area contributed by atoms with Crippen LogP contribution in [0.5, 0.6) is 0 Å². The summed E-state index contributed by atoms with van der Waals surface area (Å²) < 4.78 is 0. The number of halogens is 1. The van der Waals surface area contributed by atoms with Crippen LogP contribution in [-0.2, 0) is 4.79 Å². The fourth-order valence-corrected chi connectivity index (χ4v) is 2.53. The van der Waals surface area contributed by atoms with Gasteiger partial charge in [0.1, 0.15) is 0 Å². The molecule has 1 rings (SSSR count). The van der Waals surface area contributed by atoms with Crippen LogP contribution in [0.1, 0.15) is 41.0 Å². The molecular formula is C13H27ClN2O. The van der Waals surface area contributed by atoms with Crippen LogP contribution in [0.2, 0.25) is 0 Å². The molecule has 0 aromatic carbocycles. The number of hydrogen-bond donors (Lipinski definition) is 2. The molecule has 1 fully saturated rings. The number of carbonyl (C=O) groups excluding carboxylic acids is 1. The Balaban J connectivity index is 0.00000256. The first-order chi connectivity index (χ1) is 7.35. The topological polar surface area (TPSA) is 41.1 Å². The van der Waals surface area contributed by atoms with Crippen LogP contribution in [-0.4, -0.2) is 25.5 Å². The third-order valence-corrected chi connectivity index (χ3v) is 4.31. The molecule has 0 bridgehead atoms. The Kier molecular flexibility index (Phi) is 5.95. The van der Waals surface area contributed by atoms with E-state index in [2.05, 4.69) is 45.3 Å². The molecule has 0 aromatic rings. The average molecular weight is 263 g/mol. The molecule has 1 saturated carbocycles. The predicted octanol–water partition coefficient (Wildman–Crippen LogP) is 2.21. The molecule has 17 heavy (non-hydrogen) atoms. The van der Waals surface area contributed by atoms with Crippen molar-refractivity contribution >= 4 is 18.3 Å². The summed E-state index contributed by atoms with van der Waals surface area (Å²) in [5.74, 6) is 0.388. The minimum absolute atomic E-state index is 0. The Morgan fingerprint density at radius 1 is 1.06 bits per heavy atom. The van der Waals surface area contributed by atoms with Gasteiger partial charge in [-0.1, -0.05) is 34.6 Å². The summed E-state index contributed by atoms with van der Waals surface area (Å²) in [5, 5.41) is 6.29. The molecule has 0 unspecified atom stereocenters. The molecule has 0 atom stereocenters. The minimum atomic E-state index is 0. The first-order valence-electron chi connectivity index (χ1n) is 6.34. The number of amides is 1. The van der Waals surface area contributed by atoms with Gasteiger partial charge in [-0.25, -0.2) is 0 Å². The molecule has 3 nitrogen and oxygen atoms in total. The van der Waals surface area contributed by atoms with E-state index < -0.39 is 0 Å². The Labute approximate surface area is 112 Å². The Morgan fingerprint density at radius 2 is 1.59 bits per heavy atom. The second kappa shape index (κ2) is 6.05. The van der Waals surface area contributed by atoms with Crippen molar-refractivity contribution in [3.8, 4) is 0 Å². The molecule has 0 spiro atoms. The van der Waals surface area contributed by atoms with Crippen molar-refractivity contribution in [3.05, 3.63) is 0 Å². The molecule has 0 saturated heterocycles. The van der Waals surface area contributed by atoms with Crippen LogP contribution < -0.4 is 10.6 Å². The van der Waals surface area contributed by atoms with Crippen LogP contribution in [0, 0.1) is 16.7 Å². The predicted molar refractivity (Wildman–Crippen MR) is 74.5 cm³/mol. The van der Waals surface area contributed by atoms with Gasteiger partial charge in [-0.3, -0.25) is 4.79 Å². The zero-order chi connectivity index (χ0) is 12.4. The summed E-state index contributed by atoms with van der Waals surface area (Å²) >= 11 is 0. The van der Waals surface area contributed by atoms with Gasteiger partial charge in [0.2, 0.25) is 5.91 Å². The van der Waals surface area contributed by atoms with Gasteiger partial charge >= 0.3 is 0 Å². The summed E-state index contributed by atoms with van der Waals surface area (Å²) in [6.07, 6.45) is 1.14. The Hall–Kier alpha value is -0.280. The van der Waals surface area contributed by atoms with Gasteiger partial charge < -0.3 is 10.6 Å². The van der Waals surface area contributed by atoms with Gasteiger partial charge in [0.05, 0.1) is 0 Å². The lowest BCUT2D eigenvalue weighted by Gasteiger charge is -2.07. The summed E-state index contributed by atoms with van der Waals surface area (Å²) in [4.78, 5) is 11.9. The summed E-state index contributed by atoms with van der Waals surface area (Å²) in [7, 11) is 0. The Bertz CT molecular complexity index is 250. The molecule has 1 aliphatic rings. The molecule has 1 amide bonds. The van der Waals surface area contributed by atoms with Crippen molar-refractivity contribution in [2.24, 2.45) is 16.7 Å². The molecule has 102 valence electrons. The van der Waals surface area contributed by atoms with Crippen molar-refractivity contribution in [2.45, 2.75) is 41.0 Å². The highest BCUT2D eigenvalue weighted by molar-refractivity contribution is 5.85. The van der Waals surface area contributed by atoms with Gasteiger partial charge in [-0.15, -0.1) is 12.4 Å². The maximum absolute atomic E-state index is 11.9. The monoisotopic (exact) mass is 262 g/mol. The normalized spacial score (nSPS) is 20.5. The first-order valence-corrected chi connectivity index (χ1v) is 6.34. The highest BCUT2D eigenvalue weighted by Gasteiger charge is 2.68. The van der Waals surface area contributed by atoms with E-state index in [1.165, 1.54) is 0 Å². The molecule has 1 aliphatic carbocycles. The van der Waals surface area contributed by atoms with E-state index in [9.17, 15) is 4.79 Å². The fourth-order valence-electron chi connectivity index (χ4n) is 2.53. The number of hydrogen-bond acceptors (Lipinski definition) is 2. The summed E-state index contributed by atoms with van der Waals surface area (Å²) in [6, 6.07) is 0. The summed E-state index contributed by atoms with van der Waals surface area (Å²) in [6.45, 7) is 13.5. The van der Waals surface area contributed by atoms with Crippen molar-refractivity contribution in [3.63, 3.8) is 0 Å². The summed E-state index contributed by atoms with van der Waals surface area (Å²) in [5.41, 5.74) is 0.294. The lowest BCUT2D eigenvalue weighted by molar-refractivity contribution is -0.123. The van der Waals surface area contributed by atoms with Gasteiger partial charge in [0.15, 0.2) is 0 Å². The van der Waals surface area contributed by atoms with E-state index in [0.29, 0.717) is 0 Å². The zero-order valence-corrected chi connectivity index (χ0v) is 12.5. The van der Waals surface area contributed by atoms with Crippen LogP contribution in [0.25, 0.3) is 0 Å². The molecule has 0 aromatic heterocycles. The second-order valence-electron chi connectivity index (χ2n) is 5.92. The molecule has 4 heteroatoms. The highest BCUT2D eigenvalue weighted by Crippen LogP contribution is 2.68. The van der Waals surface area contributed by atoms with E-state index in [1.54, 1.807) is 0 Å². The van der Waals surface area contributed by atoms with E-state index in [0.717, 1.165) is 26.1 Å². The zero-order valence-electron chi connectivity index (χ0n) is 11.7. The molecule has 0 aliphatic heterocycles. The lowest BCUT2D eigenvalue weighted by Crippen LogP contribution is -2.34. The molecule has 0 heterocycles.